The van der Waals surface area contributed by atoms with Crippen molar-refractivity contribution in [3.05, 3.63) is 65.7 Å². The normalized spacial score (nSPS) is 10.0. The summed E-state index contributed by atoms with van der Waals surface area (Å²) in [6.45, 7) is 0.820. The van der Waals surface area contributed by atoms with Crippen LogP contribution < -0.4 is 16.0 Å². The highest BCUT2D eigenvalue weighted by molar-refractivity contribution is 7.98. The minimum absolute atomic E-state index is 0.0515. The van der Waals surface area contributed by atoms with Gasteiger partial charge < -0.3 is 16.0 Å². The van der Waals surface area contributed by atoms with Crippen molar-refractivity contribution in [3.8, 4) is 0 Å². The predicted octanol–water partition coefficient (Wildman–Crippen LogP) is 2.52. The molecule has 0 aliphatic heterocycles. The SMILES string of the molecule is CSc1ccc(CNC(=O)NCC(=O)NCc2ccccc2)cc1. The van der Waals surface area contributed by atoms with Crippen molar-refractivity contribution in [3.63, 3.8) is 0 Å². The molecular weight excluding hydrogens is 322 g/mol. The Morgan fingerprint density at radius 2 is 1.46 bits per heavy atom. The molecule has 5 nitrogen and oxygen atoms in total. The third-order valence-corrected chi connectivity index (χ3v) is 4.10. The molecule has 0 heterocycles. The van der Waals surface area contributed by atoms with Crippen molar-refractivity contribution in [2.75, 3.05) is 12.8 Å². The van der Waals surface area contributed by atoms with Crippen molar-refractivity contribution in [2.24, 2.45) is 0 Å². The van der Waals surface area contributed by atoms with Gasteiger partial charge >= 0.3 is 6.03 Å². The van der Waals surface area contributed by atoms with Crippen LogP contribution in [0.4, 0.5) is 4.79 Å². The zero-order chi connectivity index (χ0) is 17.2. The molecule has 0 aromatic heterocycles. The van der Waals surface area contributed by atoms with Crippen molar-refractivity contribution in [1.29, 1.82) is 0 Å². The maximum absolute atomic E-state index is 11.7. The van der Waals surface area contributed by atoms with E-state index < -0.39 is 0 Å². The van der Waals surface area contributed by atoms with E-state index in [0.29, 0.717) is 13.1 Å². The van der Waals surface area contributed by atoms with Crippen LogP contribution >= 0.6 is 11.8 Å². The van der Waals surface area contributed by atoms with Crippen LogP contribution in [0.25, 0.3) is 0 Å². The third kappa shape index (κ3) is 6.34. The Labute approximate surface area is 146 Å². The van der Waals surface area contributed by atoms with Gasteiger partial charge in [0.1, 0.15) is 0 Å². The van der Waals surface area contributed by atoms with Crippen LogP contribution in [0.3, 0.4) is 0 Å². The maximum atomic E-state index is 11.7. The average Bonchev–Trinajstić information content (AvgIpc) is 2.64. The average molecular weight is 343 g/mol. The second-order valence-electron chi connectivity index (χ2n) is 5.15. The van der Waals surface area contributed by atoms with Gasteiger partial charge in [0.25, 0.3) is 0 Å². The molecule has 0 fully saturated rings. The van der Waals surface area contributed by atoms with Crippen molar-refractivity contribution < 1.29 is 9.59 Å². The van der Waals surface area contributed by atoms with Crippen LogP contribution in [0.15, 0.2) is 59.5 Å². The molecule has 126 valence electrons. The summed E-state index contributed by atoms with van der Waals surface area (Å²) in [7, 11) is 0. The van der Waals surface area contributed by atoms with Crippen LogP contribution in [0.5, 0.6) is 0 Å². The maximum Gasteiger partial charge on any atom is 0.315 e. The van der Waals surface area contributed by atoms with Gasteiger partial charge in [0.2, 0.25) is 5.91 Å². The summed E-state index contributed by atoms with van der Waals surface area (Å²) in [6.07, 6.45) is 2.02. The van der Waals surface area contributed by atoms with Gasteiger partial charge in [-0.25, -0.2) is 4.79 Å². The molecule has 6 heteroatoms. The number of rotatable bonds is 7. The van der Waals surface area contributed by atoms with Gasteiger partial charge in [0.05, 0.1) is 6.54 Å². The summed E-state index contributed by atoms with van der Waals surface area (Å²) in [5, 5.41) is 8.03. The summed E-state index contributed by atoms with van der Waals surface area (Å²) in [4.78, 5) is 24.6. The molecular formula is C18H21N3O2S. The lowest BCUT2D eigenvalue weighted by atomic mass is 10.2. The van der Waals surface area contributed by atoms with Gasteiger partial charge in [0, 0.05) is 18.0 Å². The number of nitrogens with one attached hydrogen (secondary N) is 3. The fourth-order valence-electron chi connectivity index (χ4n) is 2.01. The molecule has 2 rings (SSSR count). The molecule has 0 saturated carbocycles. The standard InChI is InChI=1S/C18H21N3O2S/c1-24-16-9-7-15(8-10-16)12-20-18(23)21-13-17(22)19-11-14-5-3-2-4-6-14/h2-10H,11-13H2,1H3,(H,19,22)(H2,20,21,23). The molecule has 0 saturated heterocycles. The molecule has 2 aromatic carbocycles. The molecule has 0 atom stereocenters. The van der Waals surface area contributed by atoms with Crippen molar-refractivity contribution in [2.45, 2.75) is 18.0 Å². The number of thioether (sulfide) groups is 1. The number of hydrogen-bond donors (Lipinski definition) is 3. The number of amides is 3. The number of benzene rings is 2. The Kier molecular flexibility index (Phi) is 7.17. The lowest BCUT2D eigenvalue weighted by Crippen LogP contribution is -2.41. The van der Waals surface area contributed by atoms with Crippen LogP contribution in [0.1, 0.15) is 11.1 Å². The van der Waals surface area contributed by atoms with Crippen LogP contribution in [-0.4, -0.2) is 24.7 Å². The van der Waals surface area contributed by atoms with Crippen LogP contribution in [-0.2, 0) is 17.9 Å². The number of carbonyl (C=O) groups is 2. The van der Waals surface area contributed by atoms with Gasteiger partial charge in [-0.1, -0.05) is 42.5 Å². The van der Waals surface area contributed by atoms with E-state index in [4.69, 9.17) is 0 Å². The molecule has 3 N–H and O–H groups in total. The first kappa shape index (κ1) is 17.9. The Bertz CT molecular complexity index is 660. The largest absolute Gasteiger partial charge is 0.350 e. The molecule has 0 aliphatic carbocycles. The van der Waals surface area contributed by atoms with Crippen LogP contribution in [0.2, 0.25) is 0 Å². The molecule has 24 heavy (non-hydrogen) atoms. The van der Waals surface area contributed by atoms with Gasteiger partial charge in [-0.3, -0.25) is 4.79 Å². The summed E-state index contributed by atoms with van der Waals surface area (Å²) in [5.74, 6) is -0.224. The van der Waals surface area contributed by atoms with E-state index in [1.807, 2.05) is 60.9 Å². The molecule has 0 radical (unpaired) electrons. The highest BCUT2D eigenvalue weighted by Crippen LogP contribution is 2.14. The Balaban J connectivity index is 1.64. The zero-order valence-corrected chi connectivity index (χ0v) is 14.4. The van der Waals surface area contributed by atoms with E-state index >= 15 is 0 Å². The Morgan fingerprint density at radius 1 is 0.833 bits per heavy atom. The number of carbonyl (C=O) groups excluding carboxylic acids is 2. The molecule has 3 amide bonds. The van der Waals surface area contributed by atoms with E-state index in [0.717, 1.165) is 11.1 Å². The summed E-state index contributed by atoms with van der Waals surface area (Å²) in [5.41, 5.74) is 2.03. The van der Waals surface area contributed by atoms with Crippen molar-refractivity contribution in [1.82, 2.24) is 16.0 Å². The second-order valence-corrected chi connectivity index (χ2v) is 6.03. The van der Waals surface area contributed by atoms with Gasteiger partial charge in [-0.05, 0) is 29.5 Å². The summed E-state index contributed by atoms with van der Waals surface area (Å²) >= 11 is 1.67. The topological polar surface area (TPSA) is 70.2 Å². The number of urea groups is 1. The minimum atomic E-state index is -0.362. The lowest BCUT2D eigenvalue weighted by Gasteiger charge is -2.09. The Morgan fingerprint density at radius 3 is 2.12 bits per heavy atom. The smallest absolute Gasteiger partial charge is 0.315 e. The molecule has 0 bridgehead atoms. The summed E-state index contributed by atoms with van der Waals surface area (Å²) in [6, 6.07) is 17.2. The van der Waals surface area contributed by atoms with Crippen molar-refractivity contribution >= 4 is 23.7 Å². The zero-order valence-electron chi connectivity index (χ0n) is 13.5. The van der Waals surface area contributed by atoms with E-state index in [1.165, 1.54) is 4.90 Å². The van der Waals surface area contributed by atoms with E-state index in [-0.39, 0.29) is 18.5 Å². The van der Waals surface area contributed by atoms with Gasteiger partial charge in [-0.15, -0.1) is 11.8 Å². The molecule has 0 spiro atoms. The molecule has 0 unspecified atom stereocenters. The monoisotopic (exact) mass is 343 g/mol. The first-order valence-corrected chi connectivity index (χ1v) is 8.85. The quantitative estimate of drug-likeness (QED) is 0.677. The fraction of sp³-hybridized carbons (Fsp3) is 0.222. The van der Waals surface area contributed by atoms with E-state index in [1.54, 1.807) is 11.8 Å². The molecule has 0 aliphatic rings. The van der Waals surface area contributed by atoms with Gasteiger partial charge in [0.15, 0.2) is 0 Å². The highest BCUT2D eigenvalue weighted by Gasteiger charge is 2.05. The third-order valence-electron chi connectivity index (χ3n) is 3.35. The summed E-state index contributed by atoms with van der Waals surface area (Å²) < 4.78 is 0. The van der Waals surface area contributed by atoms with E-state index in [2.05, 4.69) is 16.0 Å². The fourth-order valence-corrected chi connectivity index (χ4v) is 2.42. The van der Waals surface area contributed by atoms with Gasteiger partial charge in [-0.2, -0.15) is 0 Å². The number of hydrogen-bond acceptors (Lipinski definition) is 3. The first-order valence-electron chi connectivity index (χ1n) is 7.62. The lowest BCUT2D eigenvalue weighted by molar-refractivity contribution is -0.120. The van der Waals surface area contributed by atoms with E-state index in [9.17, 15) is 9.59 Å². The highest BCUT2D eigenvalue weighted by atomic mass is 32.2. The first-order chi connectivity index (χ1) is 11.7. The molecule has 2 aromatic rings. The minimum Gasteiger partial charge on any atom is -0.350 e. The van der Waals surface area contributed by atoms with Crippen LogP contribution in [0, 0.1) is 0 Å². The predicted molar refractivity (Wildman–Crippen MR) is 96.8 cm³/mol. The second kappa shape index (κ2) is 9.62. The Hall–Kier alpha value is -2.47.